The van der Waals surface area contributed by atoms with Gasteiger partial charge in [-0.3, -0.25) is 4.98 Å². The van der Waals surface area contributed by atoms with Crippen molar-refractivity contribution >= 4 is 22.2 Å². The molecule has 96 valence electrons. The molecule has 0 amide bonds. The summed E-state index contributed by atoms with van der Waals surface area (Å²) in [6.45, 7) is 0. The zero-order valence-corrected chi connectivity index (χ0v) is 11.4. The van der Waals surface area contributed by atoms with E-state index in [2.05, 4.69) is 11.1 Å². The van der Waals surface area contributed by atoms with Gasteiger partial charge in [0.1, 0.15) is 5.75 Å². The Morgan fingerprint density at radius 1 is 1.21 bits per heavy atom. The first-order valence-electron chi connectivity index (χ1n) is 6.02. The second-order valence-electron chi connectivity index (χ2n) is 4.25. The molecule has 0 saturated carbocycles. The molecule has 0 aliphatic carbocycles. The summed E-state index contributed by atoms with van der Waals surface area (Å²) in [6.07, 6.45) is 1.80. The Labute approximate surface area is 115 Å². The van der Waals surface area contributed by atoms with E-state index in [1.807, 2.05) is 35.7 Å². The fourth-order valence-corrected chi connectivity index (χ4v) is 3.12. The van der Waals surface area contributed by atoms with Crippen molar-refractivity contribution in [3.63, 3.8) is 0 Å². The van der Waals surface area contributed by atoms with Gasteiger partial charge in [-0.2, -0.15) is 0 Å². The summed E-state index contributed by atoms with van der Waals surface area (Å²) in [5, 5.41) is 3.09. The van der Waals surface area contributed by atoms with Crippen molar-refractivity contribution in [3.8, 4) is 5.75 Å². The van der Waals surface area contributed by atoms with Crippen LogP contribution in [0, 0.1) is 0 Å². The van der Waals surface area contributed by atoms with Crippen molar-refractivity contribution in [2.75, 3.05) is 7.11 Å². The first kappa shape index (κ1) is 12.1. The number of ether oxygens (including phenoxy) is 1. The third-order valence-corrected chi connectivity index (χ3v) is 4.16. The molecule has 3 nitrogen and oxygen atoms in total. The predicted octanol–water partition coefficient (Wildman–Crippen LogP) is 3.35. The summed E-state index contributed by atoms with van der Waals surface area (Å²) < 4.78 is 5.35. The Balaban J connectivity index is 2.14. The number of pyridine rings is 1. The zero-order valence-electron chi connectivity index (χ0n) is 10.5. The Morgan fingerprint density at radius 3 is 2.95 bits per heavy atom. The van der Waals surface area contributed by atoms with Gasteiger partial charge in [-0.25, -0.2) is 0 Å². The zero-order chi connectivity index (χ0) is 13.2. The monoisotopic (exact) mass is 270 g/mol. The van der Waals surface area contributed by atoms with Crippen LogP contribution in [0.25, 0.3) is 10.9 Å². The molecule has 0 radical (unpaired) electrons. The molecule has 2 heterocycles. The van der Waals surface area contributed by atoms with Crippen LogP contribution >= 0.6 is 11.3 Å². The van der Waals surface area contributed by atoms with Gasteiger partial charge < -0.3 is 10.5 Å². The van der Waals surface area contributed by atoms with Crippen LogP contribution in [0.5, 0.6) is 5.75 Å². The van der Waals surface area contributed by atoms with Gasteiger partial charge in [-0.15, -0.1) is 11.3 Å². The van der Waals surface area contributed by atoms with Crippen LogP contribution in [0.3, 0.4) is 0 Å². The summed E-state index contributed by atoms with van der Waals surface area (Å²) in [5.74, 6) is 0.846. The van der Waals surface area contributed by atoms with Gasteiger partial charge in [0.2, 0.25) is 0 Å². The molecule has 19 heavy (non-hydrogen) atoms. The quantitative estimate of drug-likeness (QED) is 0.794. The lowest BCUT2D eigenvalue weighted by Gasteiger charge is -2.14. The van der Waals surface area contributed by atoms with E-state index in [0.717, 1.165) is 27.1 Å². The van der Waals surface area contributed by atoms with Crippen molar-refractivity contribution in [2.45, 2.75) is 6.04 Å². The number of rotatable bonds is 3. The van der Waals surface area contributed by atoms with E-state index >= 15 is 0 Å². The molecule has 3 rings (SSSR count). The number of methoxy groups -OCH3 is 1. The van der Waals surface area contributed by atoms with Crippen LogP contribution < -0.4 is 10.5 Å². The second-order valence-corrected chi connectivity index (χ2v) is 5.20. The third-order valence-electron chi connectivity index (χ3n) is 3.17. The lowest BCUT2D eigenvalue weighted by atomic mass is 10.0. The molecule has 0 saturated heterocycles. The molecule has 0 aliphatic rings. The van der Waals surface area contributed by atoms with Crippen LogP contribution in [0.15, 0.2) is 48.0 Å². The van der Waals surface area contributed by atoms with Gasteiger partial charge >= 0.3 is 0 Å². The molecule has 1 aromatic carbocycles. The van der Waals surface area contributed by atoms with Gasteiger partial charge in [0, 0.05) is 11.6 Å². The number of nitrogens with two attached hydrogens (primary N) is 1. The fraction of sp³-hybridized carbons (Fsp3) is 0.133. The Kier molecular flexibility index (Phi) is 3.19. The minimum atomic E-state index is -0.192. The third kappa shape index (κ3) is 2.09. The molecular weight excluding hydrogens is 256 g/mol. The van der Waals surface area contributed by atoms with Crippen LogP contribution in [-0.2, 0) is 0 Å². The summed E-state index contributed by atoms with van der Waals surface area (Å²) >= 11 is 1.62. The number of aromatic nitrogens is 1. The largest absolute Gasteiger partial charge is 0.496 e. The van der Waals surface area contributed by atoms with Crippen molar-refractivity contribution < 1.29 is 4.74 Å². The maximum Gasteiger partial charge on any atom is 0.134 e. The van der Waals surface area contributed by atoms with Crippen LogP contribution in [0.1, 0.15) is 16.5 Å². The molecule has 0 aliphatic heterocycles. The van der Waals surface area contributed by atoms with Crippen molar-refractivity contribution in [1.82, 2.24) is 4.98 Å². The Morgan fingerprint density at radius 2 is 2.11 bits per heavy atom. The van der Waals surface area contributed by atoms with E-state index in [4.69, 9.17) is 10.5 Å². The highest BCUT2D eigenvalue weighted by Gasteiger charge is 2.17. The molecule has 3 aromatic rings. The Bertz CT molecular complexity index is 703. The molecule has 1 atom stereocenters. The van der Waals surface area contributed by atoms with Gasteiger partial charge in [0.15, 0.2) is 0 Å². The van der Waals surface area contributed by atoms with Crippen LogP contribution in [0.4, 0.5) is 0 Å². The van der Waals surface area contributed by atoms with E-state index in [0.29, 0.717) is 0 Å². The highest BCUT2D eigenvalue weighted by molar-refractivity contribution is 7.10. The number of nitrogens with zero attached hydrogens (tertiary/aromatic N) is 1. The smallest absolute Gasteiger partial charge is 0.134 e. The van der Waals surface area contributed by atoms with E-state index in [1.165, 1.54) is 0 Å². The molecule has 2 N–H and O–H groups in total. The van der Waals surface area contributed by atoms with Gasteiger partial charge in [-0.05, 0) is 29.1 Å². The van der Waals surface area contributed by atoms with Crippen molar-refractivity contribution in [2.24, 2.45) is 5.73 Å². The molecule has 0 spiro atoms. The van der Waals surface area contributed by atoms with Crippen molar-refractivity contribution in [1.29, 1.82) is 0 Å². The van der Waals surface area contributed by atoms with E-state index in [1.54, 1.807) is 24.6 Å². The number of hydrogen-bond donors (Lipinski definition) is 1. The SMILES string of the molecule is COc1ccsc1C(N)c1cccc2ncccc12. The summed E-state index contributed by atoms with van der Waals surface area (Å²) in [5.41, 5.74) is 8.45. The first-order valence-corrected chi connectivity index (χ1v) is 6.90. The first-order chi connectivity index (χ1) is 9.31. The average molecular weight is 270 g/mol. The second kappa shape index (κ2) is 4.99. The van der Waals surface area contributed by atoms with Crippen molar-refractivity contribution in [3.05, 3.63) is 58.4 Å². The normalized spacial score (nSPS) is 12.5. The lowest BCUT2D eigenvalue weighted by molar-refractivity contribution is 0.411. The minimum Gasteiger partial charge on any atom is -0.496 e. The maximum absolute atomic E-state index is 6.41. The lowest BCUT2D eigenvalue weighted by Crippen LogP contribution is -2.11. The van der Waals surface area contributed by atoms with Crippen LogP contribution in [0.2, 0.25) is 0 Å². The minimum absolute atomic E-state index is 0.192. The number of benzene rings is 1. The molecule has 1 unspecified atom stereocenters. The van der Waals surface area contributed by atoms with E-state index in [-0.39, 0.29) is 6.04 Å². The number of hydrogen-bond acceptors (Lipinski definition) is 4. The molecular formula is C15H14N2OS. The fourth-order valence-electron chi connectivity index (χ4n) is 2.24. The topological polar surface area (TPSA) is 48.1 Å². The summed E-state index contributed by atoms with van der Waals surface area (Å²) in [4.78, 5) is 5.41. The summed E-state index contributed by atoms with van der Waals surface area (Å²) in [6, 6.07) is 11.8. The van der Waals surface area contributed by atoms with Crippen LogP contribution in [-0.4, -0.2) is 12.1 Å². The average Bonchev–Trinajstić information content (AvgIpc) is 2.94. The standard InChI is InChI=1S/C15H14N2OS/c1-18-13-7-9-19-15(13)14(16)11-4-2-6-12-10(11)5-3-8-17-12/h2-9,14H,16H2,1H3. The summed E-state index contributed by atoms with van der Waals surface area (Å²) in [7, 11) is 1.67. The highest BCUT2D eigenvalue weighted by atomic mass is 32.1. The molecule has 2 aromatic heterocycles. The van der Waals surface area contributed by atoms with E-state index < -0.39 is 0 Å². The molecule has 4 heteroatoms. The number of thiophene rings is 1. The number of fused-ring (bicyclic) bond motifs is 1. The van der Waals surface area contributed by atoms with Gasteiger partial charge in [-0.1, -0.05) is 18.2 Å². The predicted molar refractivity (Wildman–Crippen MR) is 78.6 cm³/mol. The Hall–Kier alpha value is -1.91. The maximum atomic E-state index is 6.41. The van der Waals surface area contributed by atoms with E-state index in [9.17, 15) is 0 Å². The van der Waals surface area contributed by atoms with Gasteiger partial charge in [0.05, 0.1) is 23.5 Å². The van der Waals surface area contributed by atoms with Gasteiger partial charge in [0.25, 0.3) is 0 Å². The molecule has 0 bridgehead atoms. The molecule has 0 fully saturated rings. The highest BCUT2D eigenvalue weighted by Crippen LogP contribution is 2.35.